The molecule has 1 aliphatic heterocycles. The highest BCUT2D eigenvalue weighted by Gasteiger charge is 2.37. The minimum atomic E-state index is -4.98. The number of ether oxygens (including phenoxy) is 1. The van der Waals surface area contributed by atoms with Crippen LogP contribution in [0.4, 0.5) is 26.3 Å². The molecule has 0 atom stereocenters. The Balaban J connectivity index is 0.00000141. The Bertz CT molecular complexity index is 1280. The first-order valence-corrected chi connectivity index (χ1v) is 12.3. The van der Waals surface area contributed by atoms with E-state index in [2.05, 4.69) is 10.3 Å². The fraction of sp³-hybridized carbons (Fsp3) is 0.357. The Hall–Kier alpha value is -3.64. The van der Waals surface area contributed by atoms with Crippen LogP contribution in [0.3, 0.4) is 0 Å². The molecule has 0 radical (unpaired) electrons. The van der Waals surface area contributed by atoms with Gasteiger partial charge in [-0.1, -0.05) is 30.3 Å². The van der Waals surface area contributed by atoms with Crippen LogP contribution < -0.4 is 10.1 Å². The zero-order valence-electron chi connectivity index (χ0n) is 22.5. The molecule has 0 saturated heterocycles. The number of halogens is 6. The van der Waals surface area contributed by atoms with Gasteiger partial charge in [-0.05, 0) is 63.6 Å². The van der Waals surface area contributed by atoms with E-state index in [1.165, 1.54) is 4.90 Å². The van der Waals surface area contributed by atoms with Gasteiger partial charge in [0.05, 0.1) is 23.4 Å². The summed E-state index contributed by atoms with van der Waals surface area (Å²) in [4.78, 5) is 21.2. The number of rotatable bonds is 5. The van der Waals surface area contributed by atoms with Gasteiger partial charge in [-0.2, -0.15) is 26.3 Å². The van der Waals surface area contributed by atoms with Gasteiger partial charge in [0.25, 0.3) is 5.91 Å². The predicted octanol–water partition coefficient (Wildman–Crippen LogP) is 5.72. The minimum absolute atomic E-state index is 0.0313. The highest BCUT2D eigenvalue weighted by molar-refractivity contribution is 6.03. The largest absolute Gasteiger partial charge is 0.475 e. The monoisotopic (exact) mass is 568 g/mol. The maximum atomic E-state index is 13.7. The van der Waals surface area contributed by atoms with Crippen molar-refractivity contribution < 1.29 is 35.9 Å². The number of hydrogen-bond acceptors (Lipinski definition) is 5. The van der Waals surface area contributed by atoms with Crippen LogP contribution in [0, 0.1) is 0 Å². The molecule has 6 nitrogen and oxygen atoms in total. The van der Waals surface area contributed by atoms with Crippen LogP contribution in [-0.2, 0) is 25.4 Å². The molecule has 0 aliphatic carbocycles. The third kappa shape index (κ3) is 7.72. The van der Waals surface area contributed by atoms with E-state index in [0.717, 1.165) is 0 Å². The number of alkyl halides is 6. The van der Waals surface area contributed by atoms with E-state index in [9.17, 15) is 31.1 Å². The third-order valence-corrected chi connectivity index (χ3v) is 5.72. The summed E-state index contributed by atoms with van der Waals surface area (Å²) in [6.45, 7) is -0.0956. The summed E-state index contributed by atoms with van der Waals surface area (Å²) in [7, 11) is 7.46. The molecular formula is C28H30F6N4O2. The summed E-state index contributed by atoms with van der Waals surface area (Å²) in [6, 6.07) is 12.0. The molecule has 1 aliphatic rings. The Labute approximate surface area is 228 Å². The average Bonchev–Trinajstić information content (AvgIpc) is 3.01. The summed E-state index contributed by atoms with van der Waals surface area (Å²) < 4.78 is 85.8. The molecule has 4 rings (SSSR count). The number of carbonyl (C=O) groups is 1. The molecule has 40 heavy (non-hydrogen) atoms. The quantitative estimate of drug-likeness (QED) is 0.400. The number of hydrogen-bond donors (Lipinski definition) is 1. The third-order valence-electron chi connectivity index (χ3n) is 5.72. The van der Waals surface area contributed by atoms with Crippen molar-refractivity contribution in [3.63, 3.8) is 0 Å². The molecule has 216 valence electrons. The zero-order chi connectivity index (χ0) is 29.7. The first-order chi connectivity index (χ1) is 18.7. The van der Waals surface area contributed by atoms with Gasteiger partial charge >= 0.3 is 12.4 Å². The second-order valence-corrected chi connectivity index (χ2v) is 9.43. The van der Waals surface area contributed by atoms with E-state index in [4.69, 9.17) is 4.74 Å². The van der Waals surface area contributed by atoms with Crippen molar-refractivity contribution in [3.8, 4) is 17.0 Å². The lowest BCUT2D eigenvalue weighted by molar-refractivity contribution is -0.143. The lowest BCUT2D eigenvalue weighted by Gasteiger charge is -2.23. The molecule has 1 N–H and O–H groups in total. The van der Waals surface area contributed by atoms with Gasteiger partial charge in [0.2, 0.25) is 5.88 Å². The molecule has 1 aromatic heterocycles. The van der Waals surface area contributed by atoms with Crippen LogP contribution >= 0.6 is 0 Å². The number of nitrogens with one attached hydrogen (secondary N) is 1. The molecule has 0 fully saturated rings. The number of carbonyl (C=O) groups excluding carboxylic acids is 1. The standard InChI is InChI=1S/C26H23F6N3O2.C2H7N/c1-34(2)15-20-13-21(17-6-4-3-5-7-17)22-23(33-20)37-9-8-35(24(22)36)14-16-10-18(25(27,28)29)12-19(11-16)26(30,31)32;1-3-2/h3-7,10-13H,8-9,14-15H2,1-2H3;3H,1-2H3. The van der Waals surface area contributed by atoms with Crippen LogP contribution in [0.2, 0.25) is 0 Å². The van der Waals surface area contributed by atoms with Crippen LogP contribution in [0.15, 0.2) is 54.6 Å². The molecule has 0 spiro atoms. The lowest BCUT2D eigenvalue weighted by atomic mass is 9.98. The smallest absolute Gasteiger partial charge is 0.416 e. The fourth-order valence-corrected chi connectivity index (χ4v) is 4.13. The molecule has 0 bridgehead atoms. The van der Waals surface area contributed by atoms with Crippen molar-refractivity contribution in [2.75, 3.05) is 41.3 Å². The van der Waals surface area contributed by atoms with Gasteiger partial charge in [0.15, 0.2) is 0 Å². The second kappa shape index (κ2) is 12.7. The maximum absolute atomic E-state index is 13.7. The van der Waals surface area contributed by atoms with Crippen LogP contribution in [0.1, 0.15) is 32.7 Å². The summed E-state index contributed by atoms with van der Waals surface area (Å²) in [5.41, 5.74) is -1.21. The topological polar surface area (TPSA) is 57.7 Å². The second-order valence-electron chi connectivity index (χ2n) is 9.43. The van der Waals surface area contributed by atoms with Gasteiger partial charge in [0.1, 0.15) is 12.2 Å². The van der Waals surface area contributed by atoms with E-state index in [1.807, 2.05) is 33.1 Å². The normalized spacial score (nSPS) is 13.8. The summed E-state index contributed by atoms with van der Waals surface area (Å²) in [5, 5.41) is 2.75. The Morgan fingerprint density at radius 2 is 1.52 bits per heavy atom. The number of amides is 1. The maximum Gasteiger partial charge on any atom is 0.416 e. The van der Waals surface area contributed by atoms with E-state index in [0.29, 0.717) is 35.5 Å². The minimum Gasteiger partial charge on any atom is -0.475 e. The lowest BCUT2D eigenvalue weighted by Crippen LogP contribution is -2.32. The van der Waals surface area contributed by atoms with E-state index >= 15 is 0 Å². The molecule has 3 aromatic rings. The summed E-state index contributed by atoms with van der Waals surface area (Å²) >= 11 is 0. The van der Waals surface area contributed by atoms with Gasteiger partial charge in [-0.3, -0.25) is 4.79 Å². The van der Waals surface area contributed by atoms with E-state index in [1.54, 1.807) is 36.4 Å². The highest BCUT2D eigenvalue weighted by Crippen LogP contribution is 2.38. The van der Waals surface area contributed by atoms with Crippen molar-refractivity contribution in [3.05, 3.63) is 82.5 Å². The molecule has 12 heteroatoms. The molecule has 1 amide bonds. The SMILES string of the molecule is CN(C)Cc1cc(-c2ccccc2)c2c(n1)OCCN(Cc1cc(C(F)(F)F)cc(C(F)(F)F)c1)C2=O.CNC. The van der Waals surface area contributed by atoms with Crippen molar-refractivity contribution in [1.82, 2.24) is 20.1 Å². The highest BCUT2D eigenvalue weighted by atomic mass is 19.4. The number of aromatic nitrogens is 1. The van der Waals surface area contributed by atoms with Gasteiger partial charge in [-0.25, -0.2) is 4.98 Å². The number of fused-ring (bicyclic) bond motifs is 1. The molecule has 2 heterocycles. The number of nitrogens with zero attached hydrogens (tertiary/aromatic N) is 3. The molecular weight excluding hydrogens is 538 g/mol. The molecule has 0 unspecified atom stereocenters. The van der Waals surface area contributed by atoms with Crippen molar-refractivity contribution in [2.24, 2.45) is 0 Å². The van der Waals surface area contributed by atoms with E-state index < -0.39 is 35.9 Å². The van der Waals surface area contributed by atoms with Crippen LogP contribution in [-0.4, -0.2) is 62.0 Å². The Morgan fingerprint density at radius 3 is 2.05 bits per heavy atom. The molecule has 2 aromatic carbocycles. The number of benzene rings is 2. The summed E-state index contributed by atoms with van der Waals surface area (Å²) in [5.74, 6) is -0.521. The zero-order valence-corrected chi connectivity index (χ0v) is 22.5. The van der Waals surface area contributed by atoms with Crippen molar-refractivity contribution in [1.29, 1.82) is 0 Å². The first-order valence-electron chi connectivity index (χ1n) is 12.3. The molecule has 0 saturated carbocycles. The first kappa shape index (κ1) is 30.9. The Morgan fingerprint density at radius 1 is 0.950 bits per heavy atom. The van der Waals surface area contributed by atoms with Crippen molar-refractivity contribution in [2.45, 2.75) is 25.4 Å². The van der Waals surface area contributed by atoms with Gasteiger partial charge in [-0.15, -0.1) is 0 Å². The van der Waals surface area contributed by atoms with Gasteiger partial charge < -0.3 is 19.9 Å². The van der Waals surface area contributed by atoms with E-state index in [-0.39, 0.29) is 36.2 Å². The van der Waals surface area contributed by atoms with Crippen LogP contribution in [0.5, 0.6) is 5.88 Å². The van der Waals surface area contributed by atoms with Gasteiger partial charge in [0, 0.05) is 18.7 Å². The fourth-order valence-electron chi connectivity index (χ4n) is 4.13. The Kier molecular flexibility index (Phi) is 9.80. The van der Waals surface area contributed by atoms with Crippen LogP contribution in [0.25, 0.3) is 11.1 Å². The number of pyridine rings is 1. The average molecular weight is 569 g/mol. The van der Waals surface area contributed by atoms with Crippen molar-refractivity contribution >= 4 is 5.91 Å². The predicted molar refractivity (Wildman–Crippen MR) is 139 cm³/mol. The summed E-state index contributed by atoms with van der Waals surface area (Å²) in [6.07, 6.45) is -9.97.